The summed E-state index contributed by atoms with van der Waals surface area (Å²) in [7, 11) is 0. The van der Waals surface area contributed by atoms with Crippen LogP contribution in [-0.4, -0.2) is 12.6 Å². The lowest BCUT2D eigenvalue weighted by Crippen LogP contribution is -2.12. The van der Waals surface area contributed by atoms with Gasteiger partial charge in [0.15, 0.2) is 0 Å². The molecule has 0 amide bonds. The van der Waals surface area contributed by atoms with Crippen molar-refractivity contribution in [1.29, 1.82) is 0 Å². The summed E-state index contributed by atoms with van der Waals surface area (Å²) in [5.74, 6) is -0.216. The first-order valence-corrected chi connectivity index (χ1v) is 6.73. The first kappa shape index (κ1) is 14.7. The smallest absolute Gasteiger partial charge is 0.338 e. The molecule has 0 radical (unpaired) electrons. The van der Waals surface area contributed by atoms with E-state index >= 15 is 0 Å². The normalized spacial score (nSPS) is 11.3. The number of carbonyl (C=O) groups is 1. The van der Waals surface area contributed by atoms with Crippen LogP contribution >= 0.6 is 0 Å². The Morgan fingerprint density at radius 3 is 2.22 bits per heavy atom. The summed E-state index contributed by atoms with van der Waals surface area (Å²) in [5.41, 5.74) is 1.98. The van der Waals surface area contributed by atoms with Gasteiger partial charge in [0.25, 0.3) is 0 Å². The second-order valence-electron chi connectivity index (χ2n) is 5.67. The van der Waals surface area contributed by atoms with Crippen LogP contribution in [0.5, 0.6) is 0 Å². The van der Waals surface area contributed by atoms with E-state index in [-0.39, 0.29) is 11.4 Å². The number of esters is 1. The van der Waals surface area contributed by atoms with Crippen LogP contribution < -0.4 is 0 Å². The monoisotopic (exact) mass is 248 g/mol. The van der Waals surface area contributed by atoms with Gasteiger partial charge in [0.05, 0.1) is 12.2 Å². The van der Waals surface area contributed by atoms with Crippen LogP contribution in [0.25, 0.3) is 0 Å². The van der Waals surface area contributed by atoms with E-state index in [1.807, 2.05) is 24.3 Å². The van der Waals surface area contributed by atoms with Crippen molar-refractivity contribution in [1.82, 2.24) is 0 Å². The molecule has 0 unspecified atom stereocenters. The molecule has 2 heteroatoms. The van der Waals surface area contributed by atoms with Gasteiger partial charge in [-0.3, -0.25) is 0 Å². The molecule has 0 bridgehead atoms. The van der Waals surface area contributed by atoms with Gasteiger partial charge in [-0.1, -0.05) is 52.7 Å². The van der Waals surface area contributed by atoms with Crippen LogP contribution in [0.15, 0.2) is 24.3 Å². The third-order valence-electron chi connectivity index (χ3n) is 2.97. The first-order valence-electron chi connectivity index (χ1n) is 6.73. The Morgan fingerprint density at radius 2 is 1.72 bits per heavy atom. The van der Waals surface area contributed by atoms with Gasteiger partial charge in [0.1, 0.15) is 0 Å². The van der Waals surface area contributed by atoms with E-state index in [2.05, 4.69) is 27.7 Å². The molecule has 0 fully saturated rings. The molecule has 0 saturated heterocycles. The lowest BCUT2D eigenvalue weighted by Gasteiger charge is -2.18. The maximum atomic E-state index is 11.7. The van der Waals surface area contributed by atoms with Crippen LogP contribution in [-0.2, 0) is 10.2 Å². The van der Waals surface area contributed by atoms with Crippen molar-refractivity contribution in [2.75, 3.05) is 6.61 Å². The molecule has 18 heavy (non-hydrogen) atoms. The van der Waals surface area contributed by atoms with Crippen molar-refractivity contribution in [3.05, 3.63) is 35.4 Å². The Labute approximate surface area is 110 Å². The van der Waals surface area contributed by atoms with Gasteiger partial charge in [-0.15, -0.1) is 0 Å². The molecule has 1 rings (SSSR count). The molecule has 0 spiro atoms. The van der Waals surface area contributed by atoms with Crippen LogP contribution in [0.1, 0.15) is 62.9 Å². The molecular formula is C16H24O2. The third kappa shape index (κ3) is 4.52. The predicted molar refractivity (Wildman–Crippen MR) is 74.9 cm³/mol. The Hall–Kier alpha value is -1.31. The zero-order chi connectivity index (χ0) is 13.6. The summed E-state index contributed by atoms with van der Waals surface area (Å²) in [6.07, 6.45) is 3.19. The minimum Gasteiger partial charge on any atom is -0.462 e. The molecule has 0 aliphatic heterocycles. The lowest BCUT2D eigenvalue weighted by atomic mass is 9.87. The molecule has 1 aromatic carbocycles. The molecule has 0 saturated carbocycles. The number of hydrogen-bond donors (Lipinski definition) is 0. The van der Waals surface area contributed by atoms with Crippen molar-refractivity contribution < 1.29 is 9.53 Å². The van der Waals surface area contributed by atoms with Gasteiger partial charge in [0, 0.05) is 0 Å². The fraction of sp³-hybridized carbons (Fsp3) is 0.562. The van der Waals surface area contributed by atoms with E-state index in [1.54, 1.807) is 0 Å². The highest BCUT2D eigenvalue weighted by Crippen LogP contribution is 2.22. The fourth-order valence-corrected chi connectivity index (χ4v) is 1.71. The van der Waals surface area contributed by atoms with Crippen LogP contribution in [0, 0.1) is 0 Å². The lowest BCUT2D eigenvalue weighted by molar-refractivity contribution is 0.0498. The highest BCUT2D eigenvalue weighted by Gasteiger charge is 2.14. The van der Waals surface area contributed by atoms with Crippen molar-refractivity contribution in [2.24, 2.45) is 0 Å². The number of unbranched alkanes of at least 4 members (excludes halogenated alkanes) is 2. The number of rotatable bonds is 5. The highest BCUT2D eigenvalue weighted by atomic mass is 16.5. The summed E-state index contributed by atoms with van der Waals surface area (Å²) in [5, 5.41) is 0. The fourth-order valence-electron chi connectivity index (χ4n) is 1.71. The molecule has 2 nitrogen and oxygen atoms in total. The zero-order valence-corrected chi connectivity index (χ0v) is 12.0. The number of benzene rings is 1. The van der Waals surface area contributed by atoms with Crippen molar-refractivity contribution in [3.8, 4) is 0 Å². The summed E-state index contributed by atoms with van der Waals surface area (Å²) >= 11 is 0. The van der Waals surface area contributed by atoms with Crippen LogP contribution in [0.2, 0.25) is 0 Å². The minimum atomic E-state index is -0.216. The summed E-state index contributed by atoms with van der Waals surface area (Å²) in [6, 6.07) is 7.71. The van der Waals surface area contributed by atoms with Crippen molar-refractivity contribution in [2.45, 2.75) is 52.4 Å². The van der Waals surface area contributed by atoms with Crippen molar-refractivity contribution in [3.63, 3.8) is 0 Å². The highest BCUT2D eigenvalue weighted by molar-refractivity contribution is 5.89. The number of ether oxygens (including phenoxy) is 1. The predicted octanol–water partition coefficient (Wildman–Crippen LogP) is 4.33. The molecule has 0 N–H and O–H groups in total. The van der Waals surface area contributed by atoms with Gasteiger partial charge in [-0.25, -0.2) is 4.79 Å². The van der Waals surface area contributed by atoms with Gasteiger partial charge >= 0.3 is 5.97 Å². The summed E-state index contributed by atoms with van der Waals surface area (Å²) < 4.78 is 5.22. The molecule has 0 aliphatic rings. The Bertz CT molecular complexity index is 371. The summed E-state index contributed by atoms with van der Waals surface area (Å²) in [6.45, 7) is 9.13. The SMILES string of the molecule is CCCCCOC(=O)c1ccc(C(C)(C)C)cc1. The van der Waals surface area contributed by atoms with E-state index in [0.29, 0.717) is 12.2 Å². The van der Waals surface area contributed by atoms with Crippen LogP contribution in [0.4, 0.5) is 0 Å². The summed E-state index contributed by atoms with van der Waals surface area (Å²) in [4.78, 5) is 11.7. The maximum absolute atomic E-state index is 11.7. The topological polar surface area (TPSA) is 26.3 Å². The Balaban J connectivity index is 2.54. The van der Waals surface area contributed by atoms with Gasteiger partial charge < -0.3 is 4.74 Å². The molecule has 100 valence electrons. The minimum absolute atomic E-state index is 0.115. The maximum Gasteiger partial charge on any atom is 0.338 e. The standard InChI is InChI=1S/C16H24O2/c1-5-6-7-12-18-15(17)13-8-10-14(11-9-13)16(2,3)4/h8-11H,5-7,12H2,1-4H3. The average molecular weight is 248 g/mol. The molecular weight excluding hydrogens is 224 g/mol. The third-order valence-corrected chi connectivity index (χ3v) is 2.97. The van der Waals surface area contributed by atoms with Crippen molar-refractivity contribution >= 4 is 5.97 Å². The van der Waals surface area contributed by atoms with Crippen LogP contribution in [0.3, 0.4) is 0 Å². The quantitative estimate of drug-likeness (QED) is 0.572. The average Bonchev–Trinajstić information content (AvgIpc) is 2.33. The molecule has 0 atom stereocenters. The largest absolute Gasteiger partial charge is 0.462 e. The second kappa shape index (κ2) is 6.58. The number of carbonyl (C=O) groups excluding carboxylic acids is 1. The first-order chi connectivity index (χ1) is 8.45. The van der Waals surface area contributed by atoms with E-state index in [0.717, 1.165) is 19.3 Å². The Morgan fingerprint density at radius 1 is 1.11 bits per heavy atom. The Kier molecular flexibility index (Phi) is 5.39. The van der Waals surface area contributed by atoms with Gasteiger partial charge in [0.2, 0.25) is 0 Å². The number of hydrogen-bond acceptors (Lipinski definition) is 2. The van der Waals surface area contributed by atoms with E-state index in [4.69, 9.17) is 4.74 Å². The molecule has 0 aromatic heterocycles. The van der Waals surface area contributed by atoms with E-state index in [9.17, 15) is 4.79 Å². The second-order valence-corrected chi connectivity index (χ2v) is 5.67. The van der Waals surface area contributed by atoms with Gasteiger partial charge in [-0.05, 0) is 29.5 Å². The van der Waals surface area contributed by atoms with Gasteiger partial charge in [-0.2, -0.15) is 0 Å². The molecule has 0 heterocycles. The van der Waals surface area contributed by atoms with E-state index < -0.39 is 0 Å². The zero-order valence-electron chi connectivity index (χ0n) is 12.0. The van der Waals surface area contributed by atoms with E-state index in [1.165, 1.54) is 5.56 Å². The molecule has 1 aromatic rings. The molecule has 0 aliphatic carbocycles.